The smallest absolute Gasteiger partial charge is 0.256 e. The molecule has 0 aromatic heterocycles. The Balaban J connectivity index is 1.17. The minimum absolute atomic E-state index is 0.158. The molecular weight excluding hydrogens is 850 g/mol. The minimum Gasteiger partial charge on any atom is -0.456 e. The summed E-state index contributed by atoms with van der Waals surface area (Å²) in [7, 11) is 0. The van der Waals surface area contributed by atoms with Gasteiger partial charge in [0.2, 0.25) is 0 Å². The van der Waals surface area contributed by atoms with Crippen LogP contribution < -0.4 is 52.1 Å². The third-order valence-electron chi connectivity index (χ3n) is 15.6. The molecule has 13 rings (SSSR count). The molecule has 4 aliphatic heterocycles. The highest BCUT2D eigenvalue weighted by molar-refractivity contribution is 7.02. The van der Waals surface area contributed by atoms with E-state index in [1.165, 1.54) is 66.6 Å². The van der Waals surface area contributed by atoms with E-state index in [4.69, 9.17) is 9.47 Å². The molecule has 338 valence electrons. The number of anilines is 6. The van der Waals surface area contributed by atoms with Gasteiger partial charge in [-0.2, -0.15) is 0 Å². The number of hydrogen-bond acceptors (Lipinski definition) is 4. The molecule has 0 N–H and O–H groups in total. The van der Waals surface area contributed by atoms with Crippen molar-refractivity contribution in [2.75, 3.05) is 9.80 Å². The van der Waals surface area contributed by atoms with Crippen LogP contribution in [0.5, 0.6) is 23.0 Å². The molecule has 9 aromatic carbocycles. The average molecular weight is 905 g/mol. The molecule has 0 fully saturated rings. The van der Waals surface area contributed by atoms with Crippen molar-refractivity contribution in [2.45, 2.75) is 67.2 Å². The number of hydrogen-bond donors (Lipinski definition) is 0. The van der Waals surface area contributed by atoms with Crippen LogP contribution in [-0.4, -0.2) is 13.4 Å². The van der Waals surface area contributed by atoms with E-state index in [0.29, 0.717) is 0 Å². The van der Waals surface area contributed by atoms with Crippen molar-refractivity contribution >= 4 is 80.3 Å². The predicted molar refractivity (Wildman–Crippen MR) is 296 cm³/mol. The van der Waals surface area contributed by atoms with Crippen molar-refractivity contribution in [3.63, 3.8) is 0 Å². The highest BCUT2D eigenvalue weighted by atomic mass is 16.5. The van der Waals surface area contributed by atoms with Crippen LogP contribution in [0, 0.1) is 13.8 Å². The average Bonchev–Trinajstić information content (AvgIpc) is 3.41. The van der Waals surface area contributed by atoms with Crippen LogP contribution >= 0.6 is 0 Å². The van der Waals surface area contributed by atoms with Crippen LogP contribution in [0.2, 0.25) is 0 Å². The zero-order valence-corrected chi connectivity index (χ0v) is 40.9. The van der Waals surface area contributed by atoms with Crippen molar-refractivity contribution in [2.24, 2.45) is 0 Å². The molecule has 9 aromatic rings. The van der Waals surface area contributed by atoms with Crippen LogP contribution in [-0.2, 0) is 25.7 Å². The van der Waals surface area contributed by atoms with E-state index in [2.05, 4.69) is 221 Å². The van der Waals surface area contributed by atoms with Gasteiger partial charge in [0, 0.05) is 33.7 Å². The fourth-order valence-electron chi connectivity index (χ4n) is 11.7. The Morgan fingerprint density at radius 3 is 1.09 bits per heavy atom. The lowest BCUT2D eigenvalue weighted by Gasteiger charge is -2.47. The highest BCUT2D eigenvalue weighted by Crippen LogP contribution is 2.54. The van der Waals surface area contributed by atoms with Gasteiger partial charge in [-0.1, -0.05) is 160 Å². The van der Waals surface area contributed by atoms with Gasteiger partial charge in [0.15, 0.2) is 0 Å². The largest absolute Gasteiger partial charge is 0.456 e. The fraction of sp³-hybridized carbons (Fsp3) is 0.156. The van der Waals surface area contributed by atoms with Gasteiger partial charge in [-0.05, 0) is 154 Å². The molecule has 70 heavy (non-hydrogen) atoms. The van der Waals surface area contributed by atoms with Crippen molar-refractivity contribution in [1.82, 2.24) is 0 Å². The molecule has 0 saturated heterocycles. The third kappa shape index (κ3) is 6.53. The maximum absolute atomic E-state index is 7.72. The van der Waals surface area contributed by atoms with Crippen molar-refractivity contribution < 1.29 is 9.47 Å². The maximum Gasteiger partial charge on any atom is 0.256 e. The lowest BCUT2D eigenvalue weighted by molar-refractivity contribution is 0.477. The molecule has 0 saturated carbocycles. The molecular formula is C64H54B2N2O2. The Bertz CT molecular complexity index is 3330. The number of nitrogens with zero attached hydrogens (tertiary/aromatic N) is 2. The standard InChI is InChI=1S/C64H54B2N2O2/c1-7-41-15-27-49(28-16-41)67-55-31-19-43(9-3)35-51(55)65-53-37-47(45-21-11-39(5)12-22-45)26-34-58(53)70-64-59(65)61(67)63-60-62(64)68(50-29-17-42(8-2)18-30-50)56-32-20-44(10-4)36-52(56)66(60)54-38-48(25-33-57(54)69-63)46-23-13-40(6)14-24-46/h11-38H,7-10H2,1-6H3. The lowest BCUT2D eigenvalue weighted by Crippen LogP contribution is -2.64. The van der Waals surface area contributed by atoms with Gasteiger partial charge in [0.1, 0.15) is 23.0 Å². The molecule has 6 heteroatoms. The van der Waals surface area contributed by atoms with Crippen LogP contribution in [0.1, 0.15) is 61.1 Å². The van der Waals surface area contributed by atoms with E-state index in [1.54, 1.807) is 0 Å². The second-order valence-corrected chi connectivity index (χ2v) is 19.7. The van der Waals surface area contributed by atoms with Gasteiger partial charge in [-0.15, -0.1) is 0 Å². The van der Waals surface area contributed by atoms with Crippen LogP contribution in [0.15, 0.2) is 170 Å². The van der Waals surface area contributed by atoms with Crippen LogP contribution in [0.3, 0.4) is 0 Å². The summed E-state index contributed by atoms with van der Waals surface area (Å²) in [5, 5.41) is 0. The van der Waals surface area contributed by atoms with Gasteiger partial charge >= 0.3 is 0 Å². The highest BCUT2D eigenvalue weighted by Gasteiger charge is 2.52. The predicted octanol–water partition coefficient (Wildman–Crippen LogP) is 12.7. The topological polar surface area (TPSA) is 24.9 Å². The van der Waals surface area contributed by atoms with E-state index >= 15 is 0 Å². The molecule has 0 bridgehead atoms. The van der Waals surface area contributed by atoms with E-state index in [1.807, 2.05) is 0 Å². The Morgan fingerprint density at radius 2 is 0.714 bits per heavy atom. The minimum atomic E-state index is -0.158. The third-order valence-corrected chi connectivity index (χ3v) is 15.6. The Labute approximate surface area is 413 Å². The number of rotatable bonds is 8. The van der Waals surface area contributed by atoms with E-state index in [9.17, 15) is 0 Å². The molecule has 4 nitrogen and oxygen atoms in total. The zero-order valence-electron chi connectivity index (χ0n) is 40.9. The number of fused-ring (bicyclic) bond motifs is 10. The normalized spacial score (nSPS) is 13.3. The summed E-state index contributed by atoms with van der Waals surface area (Å²) >= 11 is 0. The maximum atomic E-state index is 7.72. The number of aryl methyl sites for hydroxylation is 6. The summed E-state index contributed by atoms with van der Waals surface area (Å²) in [6.07, 6.45) is 3.79. The molecule has 4 aliphatic rings. The van der Waals surface area contributed by atoms with Gasteiger partial charge < -0.3 is 19.3 Å². The Morgan fingerprint density at radius 1 is 0.357 bits per heavy atom. The van der Waals surface area contributed by atoms with Crippen molar-refractivity contribution in [1.29, 1.82) is 0 Å². The lowest BCUT2D eigenvalue weighted by atomic mass is 9.31. The first-order valence-corrected chi connectivity index (χ1v) is 25.4. The van der Waals surface area contributed by atoms with Gasteiger partial charge in [0.05, 0.1) is 11.4 Å². The van der Waals surface area contributed by atoms with Crippen molar-refractivity contribution in [3.05, 3.63) is 203 Å². The van der Waals surface area contributed by atoms with E-state index in [-0.39, 0.29) is 13.4 Å². The monoisotopic (exact) mass is 904 g/mol. The second-order valence-electron chi connectivity index (χ2n) is 19.7. The fourth-order valence-corrected chi connectivity index (χ4v) is 11.7. The van der Waals surface area contributed by atoms with Gasteiger partial charge in [-0.3, -0.25) is 0 Å². The summed E-state index contributed by atoms with van der Waals surface area (Å²) in [6, 6.07) is 64.1. The van der Waals surface area contributed by atoms with Crippen LogP contribution in [0.25, 0.3) is 22.3 Å². The molecule has 0 radical (unpaired) electrons. The quantitative estimate of drug-likeness (QED) is 0.142. The summed E-state index contributed by atoms with van der Waals surface area (Å²) in [5.74, 6) is 3.53. The van der Waals surface area contributed by atoms with E-state index in [0.717, 1.165) is 105 Å². The molecule has 0 aliphatic carbocycles. The number of ether oxygens (including phenoxy) is 2. The van der Waals surface area contributed by atoms with Crippen molar-refractivity contribution in [3.8, 4) is 45.3 Å². The zero-order chi connectivity index (χ0) is 47.4. The van der Waals surface area contributed by atoms with Gasteiger partial charge in [0.25, 0.3) is 13.4 Å². The van der Waals surface area contributed by atoms with Crippen LogP contribution in [0.4, 0.5) is 34.1 Å². The molecule has 0 unspecified atom stereocenters. The molecule has 0 atom stereocenters. The first-order valence-electron chi connectivity index (χ1n) is 25.4. The Kier molecular flexibility index (Phi) is 9.99. The number of benzene rings is 9. The Hall–Kier alpha value is -7.69. The SMILES string of the molecule is CCc1ccc(N2c3ccc(CC)cc3B3c4cc(-c5ccc(C)cc5)ccc4Oc4c3c2c2c3c4N(c4ccc(CC)cc4)c4ccc(CC)cc4B3c3cc(-c4ccc(C)cc4)ccc3O2)cc1. The molecule has 4 heterocycles. The molecule has 0 amide bonds. The summed E-state index contributed by atoms with van der Waals surface area (Å²) in [6.45, 7) is 13.0. The first-order chi connectivity index (χ1) is 34.3. The first kappa shape index (κ1) is 42.4. The molecule has 0 spiro atoms. The summed E-state index contributed by atoms with van der Waals surface area (Å²) < 4.78 is 15.4. The van der Waals surface area contributed by atoms with Gasteiger partial charge in [-0.25, -0.2) is 0 Å². The summed E-state index contributed by atoms with van der Waals surface area (Å²) in [5.41, 5.74) is 26.1. The summed E-state index contributed by atoms with van der Waals surface area (Å²) in [4.78, 5) is 5.00. The van der Waals surface area contributed by atoms with E-state index < -0.39 is 0 Å². The second kappa shape index (κ2) is 16.5.